The number of carbonyl (C=O) groups is 1. The largest absolute Gasteiger partial charge is 0.392 e. The number of hydrogen-bond donors (Lipinski definition) is 2. The summed E-state index contributed by atoms with van der Waals surface area (Å²) in [4.78, 5) is 23.6. The molecule has 0 aromatic heterocycles. The van der Waals surface area contributed by atoms with Gasteiger partial charge in [0.25, 0.3) is 5.69 Å². The molecule has 20 heavy (non-hydrogen) atoms. The van der Waals surface area contributed by atoms with E-state index in [0.29, 0.717) is 30.8 Å². The molecule has 2 N–H and O–H groups in total. The number of anilines is 1. The van der Waals surface area contributed by atoms with Gasteiger partial charge in [0.2, 0.25) is 5.91 Å². The van der Waals surface area contributed by atoms with Gasteiger partial charge in [-0.25, -0.2) is 0 Å². The number of rotatable bonds is 5. The monoisotopic (exact) mass is 279 g/mol. The minimum absolute atomic E-state index is 0.0609. The summed E-state index contributed by atoms with van der Waals surface area (Å²) in [5.74, 6) is 0.256. The van der Waals surface area contributed by atoms with Crippen LogP contribution in [0.25, 0.3) is 0 Å². The Kier molecular flexibility index (Phi) is 4.19. The first-order valence-electron chi connectivity index (χ1n) is 6.37. The molecule has 108 valence electrons. The number of nitrogens with zero attached hydrogens (tertiary/aromatic N) is 2. The molecule has 1 heterocycles. The van der Waals surface area contributed by atoms with E-state index >= 15 is 0 Å². The predicted molar refractivity (Wildman–Crippen MR) is 73.3 cm³/mol. The second-order valence-electron chi connectivity index (χ2n) is 4.99. The quantitative estimate of drug-likeness (QED) is 0.618. The lowest BCUT2D eigenvalue weighted by Gasteiger charge is -2.12. The maximum atomic E-state index is 11.4. The van der Waals surface area contributed by atoms with Crippen molar-refractivity contribution >= 4 is 17.3 Å². The molecule has 7 nitrogen and oxygen atoms in total. The second kappa shape index (κ2) is 5.87. The van der Waals surface area contributed by atoms with Crippen LogP contribution in [0.4, 0.5) is 11.4 Å². The maximum Gasteiger partial charge on any atom is 0.292 e. The Morgan fingerprint density at radius 3 is 2.85 bits per heavy atom. The lowest BCUT2D eigenvalue weighted by molar-refractivity contribution is -0.384. The molecule has 1 aliphatic heterocycles. The van der Waals surface area contributed by atoms with Crippen LogP contribution < -0.4 is 5.32 Å². The van der Waals surface area contributed by atoms with Crippen LogP contribution in [0.1, 0.15) is 12.0 Å². The molecule has 1 amide bonds. The fourth-order valence-electron chi connectivity index (χ4n) is 2.32. The van der Waals surface area contributed by atoms with Gasteiger partial charge in [0, 0.05) is 38.5 Å². The van der Waals surface area contributed by atoms with Gasteiger partial charge in [-0.1, -0.05) is 6.07 Å². The normalized spacial score (nSPS) is 18.4. The summed E-state index contributed by atoms with van der Waals surface area (Å²) >= 11 is 0. The van der Waals surface area contributed by atoms with Crippen LogP contribution in [0.2, 0.25) is 0 Å². The smallest absolute Gasteiger partial charge is 0.292 e. The standard InChI is InChI=1S/C13H17N3O4/c1-15-7-10(5-13(15)18)6-14-11-3-2-9(8-17)4-12(11)16(19)20/h2-4,10,14,17H,5-8H2,1H3. The van der Waals surface area contributed by atoms with Crippen LogP contribution in [0.3, 0.4) is 0 Å². The molecule has 1 atom stereocenters. The maximum absolute atomic E-state index is 11.4. The van der Waals surface area contributed by atoms with Gasteiger partial charge in [-0.15, -0.1) is 0 Å². The van der Waals surface area contributed by atoms with Crippen molar-refractivity contribution in [2.75, 3.05) is 25.5 Å². The SMILES string of the molecule is CN1CC(CNc2ccc(CO)cc2[N+](=O)[O-])CC1=O. The van der Waals surface area contributed by atoms with E-state index < -0.39 is 4.92 Å². The van der Waals surface area contributed by atoms with Crippen molar-refractivity contribution in [2.24, 2.45) is 5.92 Å². The average Bonchev–Trinajstić information content (AvgIpc) is 2.75. The number of hydrogen-bond acceptors (Lipinski definition) is 5. The fourth-order valence-corrected chi connectivity index (χ4v) is 2.32. The Hall–Kier alpha value is -2.15. The molecule has 1 aliphatic rings. The number of nitro benzene ring substituents is 1. The van der Waals surface area contributed by atoms with Crippen LogP contribution in [0.5, 0.6) is 0 Å². The molecule has 0 bridgehead atoms. The number of aliphatic hydroxyl groups excluding tert-OH is 1. The summed E-state index contributed by atoms with van der Waals surface area (Å²) in [6.07, 6.45) is 0.464. The molecule has 2 rings (SSSR count). The Morgan fingerprint density at radius 2 is 2.30 bits per heavy atom. The topological polar surface area (TPSA) is 95.7 Å². The summed E-state index contributed by atoms with van der Waals surface area (Å²) in [5, 5.41) is 23.0. The number of amides is 1. The van der Waals surface area contributed by atoms with Gasteiger partial charge in [-0.2, -0.15) is 0 Å². The van der Waals surface area contributed by atoms with E-state index in [1.54, 1.807) is 24.1 Å². The fraction of sp³-hybridized carbons (Fsp3) is 0.462. The number of nitro groups is 1. The van der Waals surface area contributed by atoms with Crippen molar-refractivity contribution in [3.8, 4) is 0 Å². The molecule has 7 heteroatoms. The van der Waals surface area contributed by atoms with E-state index in [2.05, 4.69) is 5.32 Å². The third-order valence-corrected chi connectivity index (χ3v) is 3.44. The van der Waals surface area contributed by atoms with E-state index in [1.165, 1.54) is 6.07 Å². The number of carbonyl (C=O) groups excluding carboxylic acids is 1. The van der Waals surface area contributed by atoms with Gasteiger partial charge in [0.1, 0.15) is 5.69 Å². The highest BCUT2D eigenvalue weighted by Crippen LogP contribution is 2.26. The highest BCUT2D eigenvalue weighted by molar-refractivity contribution is 5.78. The first kappa shape index (κ1) is 14.3. The zero-order valence-corrected chi connectivity index (χ0v) is 11.2. The zero-order chi connectivity index (χ0) is 14.7. The molecular formula is C13H17N3O4. The highest BCUT2D eigenvalue weighted by Gasteiger charge is 2.27. The number of aliphatic hydroxyl groups is 1. The Balaban J connectivity index is 2.06. The van der Waals surface area contributed by atoms with E-state index in [1.807, 2.05) is 0 Å². The van der Waals surface area contributed by atoms with Crippen molar-refractivity contribution in [2.45, 2.75) is 13.0 Å². The Labute approximate surface area is 116 Å². The molecule has 0 aliphatic carbocycles. The van der Waals surface area contributed by atoms with Gasteiger partial charge >= 0.3 is 0 Å². The molecule has 1 aromatic rings. The summed E-state index contributed by atoms with van der Waals surface area (Å²) in [7, 11) is 1.75. The lowest BCUT2D eigenvalue weighted by atomic mass is 10.1. The third-order valence-electron chi connectivity index (χ3n) is 3.44. The van der Waals surface area contributed by atoms with Crippen molar-refractivity contribution in [3.05, 3.63) is 33.9 Å². The molecule has 1 saturated heterocycles. The van der Waals surface area contributed by atoms with Crippen LogP contribution in [0.15, 0.2) is 18.2 Å². The molecule has 0 radical (unpaired) electrons. The van der Waals surface area contributed by atoms with E-state index in [4.69, 9.17) is 5.11 Å². The van der Waals surface area contributed by atoms with Gasteiger partial charge in [0.05, 0.1) is 11.5 Å². The van der Waals surface area contributed by atoms with Gasteiger partial charge in [-0.3, -0.25) is 14.9 Å². The highest BCUT2D eigenvalue weighted by atomic mass is 16.6. The molecule has 0 saturated carbocycles. The Morgan fingerprint density at radius 1 is 1.55 bits per heavy atom. The number of benzene rings is 1. The van der Waals surface area contributed by atoms with Crippen LogP contribution in [-0.4, -0.2) is 41.0 Å². The third kappa shape index (κ3) is 3.05. The minimum Gasteiger partial charge on any atom is -0.392 e. The summed E-state index contributed by atoms with van der Waals surface area (Å²) in [5.41, 5.74) is 0.849. The zero-order valence-electron chi connectivity index (χ0n) is 11.2. The van der Waals surface area contributed by atoms with Crippen LogP contribution >= 0.6 is 0 Å². The van der Waals surface area contributed by atoms with Crippen LogP contribution in [0, 0.1) is 16.0 Å². The summed E-state index contributed by atoms with van der Waals surface area (Å²) in [6.45, 7) is 0.937. The van der Waals surface area contributed by atoms with Gasteiger partial charge < -0.3 is 15.3 Å². The average molecular weight is 279 g/mol. The second-order valence-corrected chi connectivity index (χ2v) is 4.99. The number of nitrogens with one attached hydrogen (secondary N) is 1. The lowest BCUT2D eigenvalue weighted by Crippen LogP contribution is -2.21. The van der Waals surface area contributed by atoms with E-state index in [-0.39, 0.29) is 24.1 Å². The van der Waals surface area contributed by atoms with Crippen LogP contribution in [-0.2, 0) is 11.4 Å². The molecule has 1 fully saturated rings. The van der Waals surface area contributed by atoms with Crippen molar-refractivity contribution in [1.29, 1.82) is 0 Å². The summed E-state index contributed by atoms with van der Waals surface area (Å²) < 4.78 is 0. The van der Waals surface area contributed by atoms with E-state index in [0.717, 1.165) is 0 Å². The van der Waals surface area contributed by atoms with Gasteiger partial charge in [0.15, 0.2) is 0 Å². The molecule has 1 unspecified atom stereocenters. The van der Waals surface area contributed by atoms with Gasteiger partial charge in [-0.05, 0) is 11.6 Å². The minimum atomic E-state index is -0.479. The molecule has 1 aromatic carbocycles. The predicted octanol–water partition coefficient (Wildman–Crippen LogP) is 0.977. The van der Waals surface area contributed by atoms with Crippen molar-refractivity contribution < 1.29 is 14.8 Å². The summed E-state index contributed by atoms with van der Waals surface area (Å²) in [6, 6.07) is 4.58. The Bertz CT molecular complexity index is 532. The first-order chi connectivity index (χ1) is 9.51. The van der Waals surface area contributed by atoms with Crippen molar-refractivity contribution in [1.82, 2.24) is 4.90 Å². The molecule has 0 spiro atoms. The molecular weight excluding hydrogens is 262 g/mol. The number of likely N-dealkylation sites (tertiary alicyclic amines) is 1. The van der Waals surface area contributed by atoms with E-state index in [9.17, 15) is 14.9 Å². The van der Waals surface area contributed by atoms with Crippen molar-refractivity contribution in [3.63, 3.8) is 0 Å². The first-order valence-corrected chi connectivity index (χ1v) is 6.37.